The van der Waals surface area contributed by atoms with Crippen molar-refractivity contribution in [2.75, 3.05) is 6.54 Å². The van der Waals surface area contributed by atoms with E-state index in [0.29, 0.717) is 0 Å². The zero-order valence-corrected chi connectivity index (χ0v) is 14.3. The van der Waals surface area contributed by atoms with Gasteiger partial charge in [-0.2, -0.15) is 0 Å². The minimum Gasteiger partial charge on any atom is -0.307 e. The summed E-state index contributed by atoms with van der Waals surface area (Å²) in [5.41, 5.74) is 5.13. The van der Waals surface area contributed by atoms with Gasteiger partial charge in [-0.3, -0.25) is 0 Å². The van der Waals surface area contributed by atoms with E-state index in [9.17, 15) is 0 Å². The fourth-order valence-corrected chi connectivity index (χ4v) is 2.97. The molecule has 0 aliphatic rings. The Morgan fingerprint density at radius 2 is 1.90 bits per heavy atom. The van der Waals surface area contributed by atoms with Crippen LogP contribution in [0.4, 0.5) is 0 Å². The van der Waals surface area contributed by atoms with Crippen LogP contribution < -0.4 is 5.32 Å². The molecule has 3 heteroatoms. The lowest BCUT2D eigenvalue weighted by atomic mass is 9.94. The van der Waals surface area contributed by atoms with Gasteiger partial charge in [-0.15, -0.1) is 0 Å². The predicted octanol–water partition coefficient (Wildman–Crippen LogP) is 5.42. The van der Waals surface area contributed by atoms with Gasteiger partial charge in [-0.05, 0) is 65.1 Å². The van der Waals surface area contributed by atoms with E-state index < -0.39 is 0 Å². The molecular formula is C17H19BrClN. The SMILES string of the molecule is CCNC(c1ccc(Cl)c(Br)c1)c1ccc(C)cc1C. The van der Waals surface area contributed by atoms with Crippen molar-refractivity contribution in [2.45, 2.75) is 26.8 Å². The Balaban J connectivity index is 2.47. The molecule has 1 N–H and O–H groups in total. The first-order valence-electron chi connectivity index (χ1n) is 6.78. The molecule has 1 unspecified atom stereocenters. The van der Waals surface area contributed by atoms with Crippen molar-refractivity contribution in [1.82, 2.24) is 5.32 Å². The van der Waals surface area contributed by atoms with Crippen molar-refractivity contribution in [3.05, 3.63) is 68.1 Å². The second-order valence-corrected chi connectivity index (χ2v) is 6.29. The van der Waals surface area contributed by atoms with Crippen LogP contribution in [-0.4, -0.2) is 6.54 Å². The molecule has 0 aliphatic carbocycles. The van der Waals surface area contributed by atoms with Crippen molar-refractivity contribution in [3.63, 3.8) is 0 Å². The summed E-state index contributed by atoms with van der Waals surface area (Å²) >= 11 is 9.60. The summed E-state index contributed by atoms with van der Waals surface area (Å²) in [6, 6.07) is 12.9. The fraction of sp³-hybridized carbons (Fsp3) is 0.294. The van der Waals surface area contributed by atoms with Crippen LogP contribution in [-0.2, 0) is 0 Å². The Morgan fingerprint density at radius 3 is 2.50 bits per heavy atom. The number of benzene rings is 2. The number of hydrogen-bond donors (Lipinski definition) is 1. The van der Waals surface area contributed by atoms with Gasteiger partial charge in [-0.25, -0.2) is 0 Å². The Morgan fingerprint density at radius 1 is 1.15 bits per heavy atom. The van der Waals surface area contributed by atoms with Crippen molar-refractivity contribution < 1.29 is 0 Å². The molecule has 0 aromatic heterocycles. The first-order chi connectivity index (χ1) is 9.52. The number of aryl methyl sites for hydroxylation is 2. The molecule has 0 spiro atoms. The van der Waals surface area contributed by atoms with Crippen molar-refractivity contribution >= 4 is 27.5 Å². The van der Waals surface area contributed by atoms with Gasteiger partial charge >= 0.3 is 0 Å². The van der Waals surface area contributed by atoms with E-state index in [1.165, 1.54) is 22.3 Å². The minimum atomic E-state index is 0.189. The summed E-state index contributed by atoms with van der Waals surface area (Å²) in [6.45, 7) is 7.33. The van der Waals surface area contributed by atoms with E-state index in [4.69, 9.17) is 11.6 Å². The Hall–Kier alpha value is -0.830. The van der Waals surface area contributed by atoms with Crippen molar-refractivity contribution in [1.29, 1.82) is 0 Å². The molecule has 0 amide bonds. The van der Waals surface area contributed by atoms with Crippen molar-refractivity contribution in [2.24, 2.45) is 0 Å². The summed E-state index contributed by atoms with van der Waals surface area (Å²) in [7, 11) is 0. The van der Waals surface area contributed by atoms with Crippen LogP contribution >= 0.6 is 27.5 Å². The Labute approximate surface area is 134 Å². The predicted molar refractivity (Wildman–Crippen MR) is 90.6 cm³/mol. The molecule has 0 saturated carbocycles. The van der Waals surface area contributed by atoms with Crippen molar-refractivity contribution in [3.8, 4) is 0 Å². The van der Waals surface area contributed by atoms with E-state index in [1.54, 1.807) is 0 Å². The molecule has 106 valence electrons. The first-order valence-corrected chi connectivity index (χ1v) is 7.95. The molecule has 2 aromatic rings. The molecule has 1 atom stereocenters. The number of halogens is 2. The van der Waals surface area contributed by atoms with Gasteiger partial charge in [0.1, 0.15) is 0 Å². The minimum absolute atomic E-state index is 0.189. The van der Waals surface area contributed by atoms with Crippen LogP contribution in [0.3, 0.4) is 0 Å². The second-order valence-electron chi connectivity index (χ2n) is 5.02. The van der Waals surface area contributed by atoms with Gasteiger partial charge in [0.25, 0.3) is 0 Å². The summed E-state index contributed by atoms with van der Waals surface area (Å²) in [4.78, 5) is 0. The van der Waals surface area contributed by atoms with Gasteiger partial charge in [0.05, 0.1) is 11.1 Å². The maximum absolute atomic E-state index is 6.09. The molecule has 2 aromatic carbocycles. The summed E-state index contributed by atoms with van der Waals surface area (Å²) in [6.07, 6.45) is 0. The Bertz CT molecular complexity index is 610. The molecular weight excluding hydrogens is 334 g/mol. The van der Waals surface area contributed by atoms with E-state index in [-0.39, 0.29) is 6.04 Å². The molecule has 0 aliphatic heterocycles. The van der Waals surface area contributed by atoms with Crippen LogP contribution in [0, 0.1) is 13.8 Å². The summed E-state index contributed by atoms with van der Waals surface area (Å²) in [5, 5.41) is 4.30. The monoisotopic (exact) mass is 351 g/mol. The smallest absolute Gasteiger partial charge is 0.0579 e. The number of nitrogens with one attached hydrogen (secondary N) is 1. The van der Waals surface area contributed by atoms with E-state index >= 15 is 0 Å². The first kappa shape index (κ1) is 15.6. The summed E-state index contributed by atoms with van der Waals surface area (Å²) < 4.78 is 0.935. The third-order valence-corrected chi connectivity index (χ3v) is 4.64. The van der Waals surface area contributed by atoms with Crippen LogP contribution in [0.5, 0.6) is 0 Å². The van der Waals surface area contributed by atoms with Crippen LogP contribution in [0.15, 0.2) is 40.9 Å². The second kappa shape index (κ2) is 6.75. The maximum atomic E-state index is 6.09. The molecule has 0 radical (unpaired) electrons. The fourth-order valence-electron chi connectivity index (χ4n) is 2.45. The van der Waals surface area contributed by atoms with Gasteiger partial charge in [-0.1, -0.05) is 48.4 Å². The Kier molecular flexibility index (Phi) is 5.25. The molecule has 0 heterocycles. The lowest BCUT2D eigenvalue weighted by Crippen LogP contribution is -2.22. The zero-order chi connectivity index (χ0) is 14.7. The average molecular weight is 353 g/mol. The van der Waals surface area contributed by atoms with E-state index in [0.717, 1.165) is 16.0 Å². The quantitative estimate of drug-likeness (QED) is 0.775. The summed E-state index contributed by atoms with van der Waals surface area (Å²) in [5.74, 6) is 0. The highest BCUT2D eigenvalue weighted by molar-refractivity contribution is 9.10. The zero-order valence-electron chi connectivity index (χ0n) is 12.0. The van der Waals surface area contributed by atoms with E-state index in [1.807, 2.05) is 6.07 Å². The van der Waals surface area contributed by atoms with Gasteiger partial charge in [0, 0.05) is 4.47 Å². The standard InChI is InChI=1S/C17H19BrClN/c1-4-20-17(13-6-8-16(19)15(18)10-13)14-7-5-11(2)9-12(14)3/h5-10,17,20H,4H2,1-3H3. The molecule has 20 heavy (non-hydrogen) atoms. The maximum Gasteiger partial charge on any atom is 0.0579 e. The molecule has 0 fully saturated rings. The lowest BCUT2D eigenvalue weighted by Gasteiger charge is -2.22. The van der Waals surface area contributed by atoms with Gasteiger partial charge < -0.3 is 5.32 Å². The third kappa shape index (κ3) is 3.43. The van der Waals surface area contributed by atoms with Crippen LogP contribution in [0.2, 0.25) is 5.02 Å². The largest absolute Gasteiger partial charge is 0.307 e. The number of rotatable bonds is 4. The van der Waals surface area contributed by atoms with E-state index in [2.05, 4.69) is 72.3 Å². The third-order valence-electron chi connectivity index (χ3n) is 3.42. The molecule has 0 saturated heterocycles. The van der Waals surface area contributed by atoms with Gasteiger partial charge in [0.15, 0.2) is 0 Å². The molecule has 2 rings (SSSR count). The number of hydrogen-bond acceptors (Lipinski definition) is 1. The average Bonchev–Trinajstić information content (AvgIpc) is 2.40. The highest BCUT2D eigenvalue weighted by Gasteiger charge is 2.16. The topological polar surface area (TPSA) is 12.0 Å². The molecule has 1 nitrogen and oxygen atoms in total. The van der Waals surface area contributed by atoms with Crippen LogP contribution in [0.1, 0.15) is 35.2 Å². The molecule has 0 bridgehead atoms. The highest BCUT2D eigenvalue weighted by Crippen LogP contribution is 2.30. The van der Waals surface area contributed by atoms with Gasteiger partial charge in [0.2, 0.25) is 0 Å². The van der Waals surface area contributed by atoms with Crippen LogP contribution in [0.25, 0.3) is 0 Å². The normalized spacial score (nSPS) is 12.4. The lowest BCUT2D eigenvalue weighted by molar-refractivity contribution is 0.627. The highest BCUT2D eigenvalue weighted by atomic mass is 79.9.